The van der Waals surface area contributed by atoms with Crippen molar-refractivity contribution < 1.29 is 27.2 Å². The molecule has 3 N–H and O–H groups in total. The molecule has 1 saturated carbocycles. The van der Waals surface area contributed by atoms with Crippen LogP contribution in [0.3, 0.4) is 0 Å². The number of nitrogens with zero attached hydrogens (tertiary/aromatic N) is 3. The number of piperidine rings is 1. The summed E-state index contributed by atoms with van der Waals surface area (Å²) in [6.45, 7) is 3.29. The van der Waals surface area contributed by atoms with Crippen LogP contribution in [0.1, 0.15) is 50.0 Å². The summed E-state index contributed by atoms with van der Waals surface area (Å²) in [6.07, 6.45) is 2.22. The fourth-order valence-corrected chi connectivity index (χ4v) is 5.83. The molecule has 0 bridgehead atoms. The summed E-state index contributed by atoms with van der Waals surface area (Å²) in [7, 11) is 0. The van der Waals surface area contributed by atoms with E-state index < -0.39 is 16.8 Å². The van der Waals surface area contributed by atoms with Gasteiger partial charge in [-0.3, -0.25) is 10.1 Å². The maximum Gasteiger partial charge on any atom is 0.573 e. The van der Waals surface area contributed by atoms with E-state index in [9.17, 15) is 23.3 Å². The molecule has 0 amide bonds. The molecule has 3 unspecified atom stereocenters. The van der Waals surface area contributed by atoms with Crippen LogP contribution in [-0.4, -0.2) is 41.4 Å². The van der Waals surface area contributed by atoms with Gasteiger partial charge in [-0.05, 0) is 68.5 Å². The molecule has 0 radical (unpaired) electrons. The van der Waals surface area contributed by atoms with Crippen molar-refractivity contribution in [2.75, 3.05) is 18.0 Å². The molecule has 3 atom stereocenters. The number of anilines is 1. The Bertz CT molecular complexity index is 1350. The van der Waals surface area contributed by atoms with Crippen molar-refractivity contribution in [3.05, 3.63) is 70.2 Å². The molecule has 1 aliphatic heterocycles. The van der Waals surface area contributed by atoms with Crippen molar-refractivity contribution in [2.24, 2.45) is 5.73 Å². The zero-order valence-electron chi connectivity index (χ0n) is 22.1. The molecular formula is C28H32F3N5O4. The number of aromatic nitrogens is 1. The predicted octanol–water partition coefficient (Wildman–Crippen LogP) is 5.81. The molecular weight excluding hydrogens is 527 g/mol. The topological polar surface area (TPSA) is 120 Å². The summed E-state index contributed by atoms with van der Waals surface area (Å²) < 4.78 is 48.0. The van der Waals surface area contributed by atoms with Crippen LogP contribution < -0.4 is 20.7 Å². The second-order valence-corrected chi connectivity index (χ2v) is 10.6. The van der Waals surface area contributed by atoms with Gasteiger partial charge < -0.3 is 25.1 Å². The van der Waals surface area contributed by atoms with E-state index in [4.69, 9.17) is 10.2 Å². The Hall–Kier alpha value is -3.64. The van der Waals surface area contributed by atoms with E-state index in [1.54, 1.807) is 25.3 Å². The van der Waals surface area contributed by atoms with Gasteiger partial charge in [0.1, 0.15) is 11.3 Å². The van der Waals surface area contributed by atoms with Gasteiger partial charge in [-0.25, -0.2) is 4.98 Å². The lowest BCUT2D eigenvalue weighted by Gasteiger charge is -2.43. The molecule has 1 saturated heterocycles. The van der Waals surface area contributed by atoms with Crippen molar-refractivity contribution >= 4 is 11.4 Å². The third-order valence-electron chi connectivity index (χ3n) is 7.84. The van der Waals surface area contributed by atoms with Crippen molar-refractivity contribution in [1.29, 1.82) is 0 Å². The molecule has 3 aromatic rings. The summed E-state index contributed by atoms with van der Waals surface area (Å²) in [5.41, 5.74) is 8.35. The number of rotatable bonds is 7. The Kier molecular flexibility index (Phi) is 7.74. The number of benzene rings is 2. The molecule has 2 fully saturated rings. The number of alkyl halides is 3. The van der Waals surface area contributed by atoms with E-state index in [1.807, 2.05) is 0 Å². The van der Waals surface area contributed by atoms with Gasteiger partial charge in [-0.2, -0.15) is 0 Å². The lowest BCUT2D eigenvalue weighted by Crippen LogP contribution is -2.61. The average molecular weight is 560 g/mol. The number of hydrogen-bond acceptors (Lipinski definition) is 8. The molecule has 5 rings (SSSR count). The van der Waals surface area contributed by atoms with E-state index in [0.717, 1.165) is 50.9 Å². The van der Waals surface area contributed by atoms with Crippen LogP contribution in [0, 0.1) is 17.0 Å². The molecule has 1 aliphatic carbocycles. The Morgan fingerprint density at radius 3 is 2.65 bits per heavy atom. The Morgan fingerprint density at radius 1 is 1.18 bits per heavy atom. The van der Waals surface area contributed by atoms with Crippen LogP contribution >= 0.6 is 0 Å². The summed E-state index contributed by atoms with van der Waals surface area (Å²) >= 11 is 0. The minimum absolute atomic E-state index is 0.0663. The van der Waals surface area contributed by atoms with Gasteiger partial charge in [0.05, 0.1) is 11.1 Å². The minimum atomic E-state index is -4.76. The molecule has 12 heteroatoms. The third kappa shape index (κ3) is 6.07. The highest BCUT2D eigenvalue weighted by atomic mass is 19.4. The maximum atomic E-state index is 12.6. The Labute approximate surface area is 229 Å². The summed E-state index contributed by atoms with van der Waals surface area (Å²) in [4.78, 5) is 17.4. The van der Waals surface area contributed by atoms with Crippen LogP contribution in [0.5, 0.6) is 5.75 Å². The maximum absolute atomic E-state index is 12.6. The standard InChI is InChI=1S/C28H32F3N5O4/c1-18-15-22(40-28(29,30)31)11-12-23(18)24-16-33-26(39-24)27(32)13-3-2-6-25(27)34-19-5-4-14-35(17-19)20-7-9-21(10-8-20)36(37)38/h7-12,15-16,19,25,34H,2-6,13-14,17,32H2,1H3. The van der Waals surface area contributed by atoms with Crippen molar-refractivity contribution in [3.8, 4) is 17.1 Å². The van der Waals surface area contributed by atoms with Crippen LogP contribution in [-0.2, 0) is 5.54 Å². The van der Waals surface area contributed by atoms with E-state index in [0.29, 0.717) is 29.2 Å². The molecule has 2 aromatic carbocycles. The number of aryl methyl sites for hydroxylation is 1. The second kappa shape index (κ2) is 11.1. The van der Waals surface area contributed by atoms with E-state index >= 15 is 0 Å². The van der Waals surface area contributed by atoms with Gasteiger partial charge >= 0.3 is 6.36 Å². The first kappa shape index (κ1) is 27.9. The number of oxazole rings is 1. The van der Waals surface area contributed by atoms with Gasteiger partial charge in [0.25, 0.3) is 5.69 Å². The van der Waals surface area contributed by atoms with E-state index in [1.165, 1.54) is 30.3 Å². The second-order valence-electron chi connectivity index (χ2n) is 10.6. The number of non-ortho nitro benzene ring substituents is 1. The molecule has 9 nitrogen and oxygen atoms in total. The zero-order valence-corrected chi connectivity index (χ0v) is 22.1. The Morgan fingerprint density at radius 2 is 1.95 bits per heavy atom. The SMILES string of the molecule is Cc1cc(OC(F)(F)F)ccc1-c1cnc(C2(N)CCCCC2NC2CCCN(c3ccc([N+](=O)[O-])cc3)C2)o1. The van der Waals surface area contributed by atoms with Gasteiger partial charge in [0, 0.05) is 48.6 Å². The quantitative estimate of drug-likeness (QED) is 0.275. The molecule has 214 valence electrons. The van der Waals surface area contributed by atoms with Gasteiger partial charge in [-0.15, -0.1) is 13.2 Å². The lowest BCUT2D eigenvalue weighted by atomic mass is 9.77. The van der Waals surface area contributed by atoms with Crippen molar-refractivity contribution in [3.63, 3.8) is 0 Å². The van der Waals surface area contributed by atoms with Crippen LogP contribution in [0.4, 0.5) is 24.5 Å². The highest BCUT2D eigenvalue weighted by Gasteiger charge is 2.44. The summed E-state index contributed by atoms with van der Waals surface area (Å²) in [6, 6.07) is 10.8. The smallest absolute Gasteiger partial charge is 0.439 e. The van der Waals surface area contributed by atoms with Crippen molar-refractivity contribution in [1.82, 2.24) is 10.3 Å². The van der Waals surface area contributed by atoms with E-state index in [2.05, 4.69) is 19.9 Å². The average Bonchev–Trinajstić information content (AvgIpc) is 3.40. The first-order valence-corrected chi connectivity index (χ1v) is 13.4. The monoisotopic (exact) mass is 559 g/mol. The molecule has 2 aliphatic rings. The largest absolute Gasteiger partial charge is 0.573 e. The molecule has 1 aromatic heterocycles. The van der Waals surface area contributed by atoms with Crippen LogP contribution in [0.25, 0.3) is 11.3 Å². The lowest BCUT2D eigenvalue weighted by molar-refractivity contribution is -0.384. The van der Waals surface area contributed by atoms with Crippen LogP contribution in [0.2, 0.25) is 0 Å². The van der Waals surface area contributed by atoms with E-state index in [-0.39, 0.29) is 23.5 Å². The first-order valence-electron chi connectivity index (χ1n) is 13.4. The first-order chi connectivity index (χ1) is 19.0. The fourth-order valence-electron chi connectivity index (χ4n) is 5.83. The number of nitrogens with two attached hydrogens (primary N) is 1. The van der Waals surface area contributed by atoms with Gasteiger partial charge in [0.15, 0.2) is 5.76 Å². The Balaban J connectivity index is 1.30. The normalized spacial score (nSPS) is 23.7. The minimum Gasteiger partial charge on any atom is -0.439 e. The number of hydrogen-bond donors (Lipinski definition) is 2. The fraction of sp³-hybridized carbons (Fsp3) is 0.464. The highest BCUT2D eigenvalue weighted by molar-refractivity contribution is 5.62. The zero-order chi connectivity index (χ0) is 28.5. The number of ether oxygens (including phenoxy) is 1. The molecule has 40 heavy (non-hydrogen) atoms. The number of halogens is 3. The summed E-state index contributed by atoms with van der Waals surface area (Å²) in [5.74, 6) is 0.538. The third-order valence-corrected chi connectivity index (χ3v) is 7.84. The van der Waals surface area contributed by atoms with Crippen LogP contribution in [0.15, 0.2) is 53.1 Å². The molecule has 2 heterocycles. The van der Waals surface area contributed by atoms with Gasteiger partial charge in [-0.1, -0.05) is 12.8 Å². The van der Waals surface area contributed by atoms with Crippen molar-refractivity contribution in [2.45, 2.75) is 69.4 Å². The summed E-state index contributed by atoms with van der Waals surface area (Å²) in [5, 5.41) is 14.8. The molecule has 0 spiro atoms. The predicted molar refractivity (Wildman–Crippen MR) is 143 cm³/mol. The van der Waals surface area contributed by atoms with Gasteiger partial charge in [0.2, 0.25) is 5.89 Å². The highest BCUT2D eigenvalue weighted by Crippen LogP contribution is 2.38. The number of nitrogens with one attached hydrogen (secondary N) is 1. The number of nitro groups is 1. The number of nitro benzene ring substituents is 1.